The normalized spacial score (nSPS) is 17.7. The van der Waals surface area contributed by atoms with E-state index in [1.165, 1.54) is 30.3 Å². The summed E-state index contributed by atoms with van der Waals surface area (Å²) in [5.41, 5.74) is 0.258. The maximum absolute atomic E-state index is 13.0. The van der Waals surface area contributed by atoms with Crippen molar-refractivity contribution in [3.8, 4) is 0 Å². The summed E-state index contributed by atoms with van der Waals surface area (Å²) in [6.45, 7) is 0. The van der Waals surface area contributed by atoms with E-state index in [0.717, 1.165) is 4.90 Å². The minimum Gasteiger partial charge on any atom is -0.507 e. The largest absolute Gasteiger partial charge is 0.507 e. The van der Waals surface area contributed by atoms with Crippen molar-refractivity contribution in [3.63, 3.8) is 0 Å². The lowest BCUT2D eigenvalue weighted by Gasteiger charge is -2.25. The topological polar surface area (TPSA) is 101 Å². The van der Waals surface area contributed by atoms with Crippen LogP contribution in [-0.2, 0) is 9.59 Å². The van der Waals surface area contributed by atoms with Crippen molar-refractivity contribution in [2.75, 3.05) is 4.90 Å². The van der Waals surface area contributed by atoms with Crippen LogP contribution in [0.25, 0.3) is 5.76 Å². The van der Waals surface area contributed by atoms with Crippen molar-refractivity contribution in [1.29, 1.82) is 0 Å². The first kappa shape index (κ1) is 20.3. The zero-order valence-electron chi connectivity index (χ0n) is 15.9. The summed E-state index contributed by atoms with van der Waals surface area (Å²) in [7, 11) is 0. The molecule has 4 rings (SSSR count). The maximum Gasteiger partial charge on any atom is 0.300 e. The number of ketones is 1. The molecule has 3 aromatic rings. The lowest BCUT2D eigenvalue weighted by molar-refractivity contribution is -0.385. The second-order valence-electron chi connectivity index (χ2n) is 6.83. The molecular formula is C23H15ClN2O5. The third kappa shape index (κ3) is 3.55. The van der Waals surface area contributed by atoms with E-state index in [1.54, 1.807) is 48.5 Å². The third-order valence-corrected chi connectivity index (χ3v) is 5.28. The van der Waals surface area contributed by atoms with Gasteiger partial charge in [-0.3, -0.25) is 24.6 Å². The van der Waals surface area contributed by atoms with E-state index in [2.05, 4.69) is 0 Å². The highest BCUT2D eigenvalue weighted by Gasteiger charge is 2.48. The summed E-state index contributed by atoms with van der Waals surface area (Å²) in [5, 5.41) is 23.1. The molecule has 0 radical (unpaired) electrons. The Morgan fingerprint density at radius 1 is 0.935 bits per heavy atom. The van der Waals surface area contributed by atoms with Crippen LogP contribution in [0.15, 0.2) is 84.4 Å². The van der Waals surface area contributed by atoms with Crippen molar-refractivity contribution in [3.05, 3.63) is 111 Å². The fourth-order valence-electron chi connectivity index (χ4n) is 3.63. The molecule has 1 fully saturated rings. The van der Waals surface area contributed by atoms with Crippen molar-refractivity contribution >= 4 is 40.4 Å². The van der Waals surface area contributed by atoms with Crippen LogP contribution < -0.4 is 4.90 Å². The number of halogens is 1. The number of hydrogen-bond acceptors (Lipinski definition) is 5. The Hall–Kier alpha value is -3.97. The average molecular weight is 435 g/mol. The van der Waals surface area contributed by atoms with Crippen LogP contribution in [0.4, 0.5) is 11.4 Å². The molecule has 1 aliphatic rings. The second-order valence-corrected chi connectivity index (χ2v) is 7.26. The van der Waals surface area contributed by atoms with Crippen LogP contribution >= 0.6 is 11.6 Å². The van der Waals surface area contributed by atoms with Gasteiger partial charge in [0.25, 0.3) is 17.4 Å². The monoisotopic (exact) mass is 434 g/mol. The Morgan fingerprint density at radius 2 is 1.55 bits per heavy atom. The smallest absolute Gasteiger partial charge is 0.300 e. The Morgan fingerprint density at radius 3 is 2.19 bits per heavy atom. The first-order valence-corrected chi connectivity index (χ1v) is 9.63. The SMILES string of the molecule is O=C1C(=O)N(c2ccc(Cl)cc2)C(c2ccccc2[N+](=O)[O-])/C1=C(\O)c1ccccc1. The number of aliphatic hydroxyl groups is 1. The second kappa shape index (κ2) is 8.04. The summed E-state index contributed by atoms with van der Waals surface area (Å²) in [5.74, 6) is -2.24. The van der Waals surface area contributed by atoms with Crippen molar-refractivity contribution in [2.24, 2.45) is 0 Å². The molecule has 1 saturated heterocycles. The minimum absolute atomic E-state index is 0.110. The number of carbonyl (C=O) groups is 2. The molecule has 1 heterocycles. The molecule has 3 aromatic carbocycles. The fraction of sp³-hybridized carbons (Fsp3) is 0.0435. The molecule has 7 nitrogen and oxygen atoms in total. The van der Waals surface area contributed by atoms with Crippen LogP contribution in [0.3, 0.4) is 0 Å². The third-order valence-electron chi connectivity index (χ3n) is 5.02. The van der Waals surface area contributed by atoms with Gasteiger partial charge in [-0.2, -0.15) is 0 Å². The number of rotatable bonds is 4. The Labute approximate surface area is 182 Å². The van der Waals surface area contributed by atoms with Gasteiger partial charge in [-0.05, 0) is 30.3 Å². The number of hydrogen-bond donors (Lipinski definition) is 1. The molecule has 8 heteroatoms. The molecule has 1 N–H and O–H groups in total. The molecular weight excluding hydrogens is 420 g/mol. The summed E-state index contributed by atoms with van der Waals surface area (Å²) >= 11 is 5.95. The van der Waals surface area contributed by atoms with E-state index in [1.807, 2.05) is 0 Å². The van der Waals surface area contributed by atoms with Gasteiger partial charge in [-0.25, -0.2) is 0 Å². The molecule has 154 valence electrons. The van der Waals surface area contributed by atoms with Crippen molar-refractivity contribution in [2.45, 2.75) is 6.04 Å². The van der Waals surface area contributed by atoms with Crippen LogP contribution in [0.5, 0.6) is 0 Å². The van der Waals surface area contributed by atoms with Gasteiger partial charge in [0, 0.05) is 22.3 Å². The van der Waals surface area contributed by atoms with Gasteiger partial charge < -0.3 is 5.11 Å². The van der Waals surface area contributed by atoms with Crippen LogP contribution in [0, 0.1) is 10.1 Å². The number of nitro benzene ring substituents is 1. The number of aliphatic hydroxyl groups excluding tert-OH is 1. The van der Waals surface area contributed by atoms with Gasteiger partial charge in [0.2, 0.25) is 0 Å². The molecule has 0 spiro atoms. The first-order chi connectivity index (χ1) is 14.9. The quantitative estimate of drug-likeness (QED) is 0.207. The number of amides is 1. The van der Waals surface area contributed by atoms with E-state index in [0.29, 0.717) is 16.3 Å². The molecule has 0 bridgehead atoms. The summed E-state index contributed by atoms with van der Waals surface area (Å²) in [6.07, 6.45) is 0. The summed E-state index contributed by atoms with van der Waals surface area (Å²) in [4.78, 5) is 38.3. The molecule has 1 aliphatic heterocycles. The molecule has 0 saturated carbocycles. The molecule has 0 aromatic heterocycles. The van der Waals surface area contributed by atoms with Crippen LogP contribution in [0.2, 0.25) is 5.02 Å². The zero-order valence-corrected chi connectivity index (χ0v) is 16.7. The van der Waals surface area contributed by atoms with E-state index in [-0.39, 0.29) is 16.8 Å². The molecule has 1 atom stereocenters. The van der Waals surface area contributed by atoms with E-state index < -0.39 is 28.4 Å². The van der Waals surface area contributed by atoms with Crippen LogP contribution in [0.1, 0.15) is 17.2 Å². The number of nitro groups is 1. The van der Waals surface area contributed by atoms with E-state index in [9.17, 15) is 24.8 Å². The molecule has 1 amide bonds. The van der Waals surface area contributed by atoms with E-state index >= 15 is 0 Å². The lowest BCUT2D eigenvalue weighted by atomic mass is 9.94. The molecule has 1 unspecified atom stereocenters. The van der Waals surface area contributed by atoms with Crippen molar-refractivity contribution < 1.29 is 19.6 Å². The highest BCUT2D eigenvalue weighted by molar-refractivity contribution is 6.51. The number of benzene rings is 3. The highest BCUT2D eigenvalue weighted by Crippen LogP contribution is 2.44. The van der Waals surface area contributed by atoms with Gasteiger partial charge in [0.1, 0.15) is 11.8 Å². The summed E-state index contributed by atoms with van der Waals surface area (Å²) < 4.78 is 0. The van der Waals surface area contributed by atoms with E-state index in [4.69, 9.17) is 11.6 Å². The van der Waals surface area contributed by atoms with Gasteiger partial charge >= 0.3 is 0 Å². The Bertz CT molecular complexity index is 1220. The summed E-state index contributed by atoms with van der Waals surface area (Å²) in [6, 6.07) is 19.1. The predicted molar refractivity (Wildman–Crippen MR) is 116 cm³/mol. The van der Waals surface area contributed by atoms with Crippen LogP contribution in [-0.4, -0.2) is 21.7 Å². The van der Waals surface area contributed by atoms with Gasteiger partial charge in [0.15, 0.2) is 0 Å². The standard InChI is InChI=1S/C23H15ClN2O5/c24-15-10-12-16(13-11-15)25-20(17-8-4-5-9-18(17)26(30)31)19(22(28)23(25)29)21(27)14-6-2-1-3-7-14/h1-13,20,27H/b21-19+. The Balaban J connectivity index is 2.01. The van der Waals surface area contributed by atoms with Gasteiger partial charge in [0.05, 0.1) is 16.1 Å². The number of nitrogens with zero attached hydrogens (tertiary/aromatic N) is 2. The average Bonchev–Trinajstić information content (AvgIpc) is 3.05. The predicted octanol–water partition coefficient (Wildman–Crippen LogP) is 4.87. The zero-order chi connectivity index (χ0) is 22.1. The maximum atomic E-state index is 13.0. The van der Waals surface area contributed by atoms with Crippen molar-refractivity contribution in [1.82, 2.24) is 0 Å². The molecule has 31 heavy (non-hydrogen) atoms. The minimum atomic E-state index is -1.19. The number of Topliss-reactive ketones (excluding diaryl/α,β-unsaturated/α-hetero) is 1. The number of anilines is 1. The molecule has 0 aliphatic carbocycles. The number of para-hydroxylation sites is 1. The lowest BCUT2D eigenvalue weighted by Crippen LogP contribution is -2.29. The fourth-order valence-corrected chi connectivity index (χ4v) is 3.76. The van der Waals surface area contributed by atoms with Gasteiger partial charge in [-0.1, -0.05) is 54.1 Å². The number of carbonyl (C=O) groups excluding carboxylic acids is 2. The first-order valence-electron chi connectivity index (χ1n) is 9.25. The van der Waals surface area contributed by atoms with Gasteiger partial charge in [-0.15, -0.1) is 0 Å². The highest BCUT2D eigenvalue weighted by atomic mass is 35.5. The Kier molecular flexibility index (Phi) is 5.27.